The number of rotatable bonds is 6. The molecule has 0 N–H and O–H groups in total. The van der Waals surface area contributed by atoms with Crippen LogP contribution in [-0.2, 0) is 9.53 Å². The fourth-order valence-corrected chi connectivity index (χ4v) is 2.55. The second-order valence-corrected chi connectivity index (χ2v) is 4.65. The normalized spacial score (nSPS) is 19.7. The minimum Gasteiger partial charge on any atom is -0.385 e. The molecule has 0 aromatic carbocycles. The molecule has 1 rings (SSSR count). The highest BCUT2D eigenvalue weighted by Gasteiger charge is 2.41. The van der Waals surface area contributed by atoms with Gasteiger partial charge in [0.1, 0.15) is 0 Å². The van der Waals surface area contributed by atoms with Gasteiger partial charge in [0, 0.05) is 20.1 Å². The van der Waals surface area contributed by atoms with Crippen LogP contribution in [0.15, 0.2) is 0 Å². The third-order valence-electron chi connectivity index (χ3n) is 3.56. The lowest BCUT2D eigenvalue weighted by atomic mass is 9.88. The second-order valence-electron chi connectivity index (χ2n) is 4.65. The highest BCUT2D eigenvalue weighted by molar-refractivity contribution is 5.88. The molecular formula is C12H23NO2. The Bertz CT molecular complexity index is 208. The van der Waals surface area contributed by atoms with E-state index < -0.39 is 0 Å². The Morgan fingerprint density at radius 1 is 1.33 bits per heavy atom. The lowest BCUT2D eigenvalue weighted by Gasteiger charge is -2.34. The molecule has 0 heterocycles. The molecule has 3 nitrogen and oxygen atoms in total. The summed E-state index contributed by atoms with van der Waals surface area (Å²) in [5.41, 5.74) is -0.159. The zero-order chi connectivity index (χ0) is 11.3. The van der Waals surface area contributed by atoms with Crippen LogP contribution in [-0.4, -0.2) is 44.0 Å². The topological polar surface area (TPSA) is 29.5 Å². The van der Waals surface area contributed by atoms with Crippen molar-refractivity contribution >= 4 is 5.78 Å². The molecule has 15 heavy (non-hydrogen) atoms. The van der Waals surface area contributed by atoms with E-state index in [1.54, 1.807) is 7.11 Å². The number of hydrogen-bond acceptors (Lipinski definition) is 3. The molecule has 88 valence electrons. The third kappa shape index (κ3) is 2.79. The fourth-order valence-electron chi connectivity index (χ4n) is 2.55. The van der Waals surface area contributed by atoms with E-state index >= 15 is 0 Å². The summed E-state index contributed by atoms with van der Waals surface area (Å²) in [6, 6.07) is 0. The summed E-state index contributed by atoms with van der Waals surface area (Å²) in [6.07, 6.45) is 5.96. The lowest BCUT2D eigenvalue weighted by Crippen LogP contribution is -2.48. The van der Waals surface area contributed by atoms with E-state index in [1.165, 1.54) is 12.8 Å². The number of hydrogen-bond donors (Lipinski definition) is 0. The lowest BCUT2D eigenvalue weighted by molar-refractivity contribution is -0.129. The van der Waals surface area contributed by atoms with Crippen molar-refractivity contribution < 1.29 is 9.53 Å². The SMILES string of the molecule is COCCCC(=O)C1(N(C)C)CCCC1. The second kappa shape index (κ2) is 5.61. The molecule has 0 unspecified atom stereocenters. The minimum absolute atomic E-state index is 0.159. The van der Waals surface area contributed by atoms with Gasteiger partial charge >= 0.3 is 0 Å². The summed E-state index contributed by atoms with van der Waals surface area (Å²) in [5, 5.41) is 0. The van der Waals surface area contributed by atoms with Gasteiger partial charge in [0.25, 0.3) is 0 Å². The van der Waals surface area contributed by atoms with E-state index in [2.05, 4.69) is 4.90 Å². The molecule has 1 saturated carbocycles. The Morgan fingerprint density at radius 3 is 2.40 bits per heavy atom. The number of methoxy groups -OCH3 is 1. The van der Waals surface area contributed by atoms with E-state index in [-0.39, 0.29) is 5.54 Å². The fraction of sp³-hybridized carbons (Fsp3) is 0.917. The van der Waals surface area contributed by atoms with Gasteiger partial charge in [-0.05, 0) is 33.4 Å². The van der Waals surface area contributed by atoms with Crippen LogP contribution in [0.1, 0.15) is 38.5 Å². The zero-order valence-electron chi connectivity index (χ0n) is 10.2. The van der Waals surface area contributed by atoms with Crippen LogP contribution in [0.5, 0.6) is 0 Å². The maximum absolute atomic E-state index is 12.2. The van der Waals surface area contributed by atoms with Gasteiger partial charge in [-0.25, -0.2) is 0 Å². The van der Waals surface area contributed by atoms with Crippen molar-refractivity contribution in [2.45, 2.75) is 44.1 Å². The van der Waals surface area contributed by atoms with Crippen molar-refractivity contribution in [3.63, 3.8) is 0 Å². The number of likely N-dealkylation sites (N-methyl/N-ethyl adjacent to an activating group) is 1. The standard InChI is InChI=1S/C12H23NO2/c1-13(2)12(8-4-5-9-12)11(14)7-6-10-15-3/h4-10H2,1-3H3. The summed E-state index contributed by atoms with van der Waals surface area (Å²) in [7, 11) is 5.74. The number of carbonyl (C=O) groups excluding carboxylic acids is 1. The summed E-state index contributed by atoms with van der Waals surface area (Å²) >= 11 is 0. The quantitative estimate of drug-likeness (QED) is 0.631. The largest absolute Gasteiger partial charge is 0.385 e. The molecule has 0 saturated heterocycles. The first-order valence-corrected chi connectivity index (χ1v) is 5.83. The van der Waals surface area contributed by atoms with Crippen molar-refractivity contribution in [3.8, 4) is 0 Å². The molecule has 0 aromatic heterocycles. The van der Waals surface area contributed by atoms with E-state index in [4.69, 9.17) is 4.74 Å². The Kier molecular flexibility index (Phi) is 4.74. The first-order chi connectivity index (χ1) is 7.13. The van der Waals surface area contributed by atoms with E-state index in [9.17, 15) is 4.79 Å². The predicted molar refractivity (Wildman–Crippen MR) is 61.0 cm³/mol. The van der Waals surface area contributed by atoms with Crippen molar-refractivity contribution in [2.24, 2.45) is 0 Å². The zero-order valence-corrected chi connectivity index (χ0v) is 10.2. The van der Waals surface area contributed by atoms with Gasteiger partial charge in [-0.1, -0.05) is 12.8 Å². The first-order valence-electron chi connectivity index (χ1n) is 5.83. The average molecular weight is 213 g/mol. The van der Waals surface area contributed by atoms with Gasteiger partial charge in [0.05, 0.1) is 5.54 Å². The molecule has 0 aromatic rings. The first kappa shape index (κ1) is 12.7. The molecule has 0 radical (unpaired) electrons. The molecule has 1 aliphatic rings. The van der Waals surface area contributed by atoms with Crippen LogP contribution in [0, 0.1) is 0 Å². The molecule has 3 heteroatoms. The van der Waals surface area contributed by atoms with Crippen molar-refractivity contribution in [1.29, 1.82) is 0 Å². The number of nitrogens with zero attached hydrogens (tertiary/aromatic N) is 1. The van der Waals surface area contributed by atoms with Gasteiger partial charge in [-0.2, -0.15) is 0 Å². The number of carbonyl (C=O) groups is 1. The van der Waals surface area contributed by atoms with Gasteiger partial charge in [0.15, 0.2) is 5.78 Å². The van der Waals surface area contributed by atoms with Gasteiger partial charge in [0.2, 0.25) is 0 Å². The van der Waals surface area contributed by atoms with Crippen molar-refractivity contribution in [1.82, 2.24) is 4.90 Å². The van der Waals surface area contributed by atoms with Crippen molar-refractivity contribution in [3.05, 3.63) is 0 Å². The maximum atomic E-state index is 12.2. The number of Topliss-reactive ketones (excluding diaryl/α,β-unsaturated/α-hetero) is 1. The van der Waals surface area contributed by atoms with Crippen LogP contribution < -0.4 is 0 Å². The molecule has 0 spiro atoms. The Hall–Kier alpha value is -0.410. The van der Waals surface area contributed by atoms with E-state index in [0.29, 0.717) is 18.8 Å². The highest BCUT2D eigenvalue weighted by atomic mass is 16.5. The van der Waals surface area contributed by atoms with Gasteiger partial charge < -0.3 is 4.74 Å². The van der Waals surface area contributed by atoms with Gasteiger partial charge in [-0.15, -0.1) is 0 Å². The van der Waals surface area contributed by atoms with Crippen LogP contribution in [0.3, 0.4) is 0 Å². The predicted octanol–water partition coefficient (Wildman–Crippen LogP) is 1.86. The van der Waals surface area contributed by atoms with Crippen LogP contribution in [0.25, 0.3) is 0 Å². The van der Waals surface area contributed by atoms with Crippen LogP contribution in [0.2, 0.25) is 0 Å². The molecule has 1 aliphatic carbocycles. The third-order valence-corrected chi connectivity index (χ3v) is 3.56. The Balaban J connectivity index is 2.52. The van der Waals surface area contributed by atoms with E-state index in [1.807, 2.05) is 14.1 Å². The smallest absolute Gasteiger partial charge is 0.153 e. The van der Waals surface area contributed by atoms with Crippen LogP contribution >= 0.6 is 0 Å². The van der Waals surface area contributed by atoms with Crippen molar-refractivity contribution in [2.75, 3.05) is 27.8 Å². The van der Waals surface area contributed by atoms with Gasteiger partial charge in [-0.3, -0.25) is 9.69 Å². The summed E-state index contributed by atoms with van der Waals surface area (Å²) in [4.78, 5) is 14.3. The molecule has 1 fully saturated rings. The Labute approximate surface area is 92.8 Å². The molecular weight excluding hydrogens is 190 g/mol. The maximum Gasteiger partial charge on any atom is 0.153 e. The number of ether oxygens (including phenoxy) is 1. The average Bonchev–Trinajstić information content (AvgIpc) is 2.67. The van der Waals surface area contributed by atoms with E-state index in [0.717, 1.165) is 19.3 Å². The molecule has 0 atom stereocenters. The summed E-state index contributed by atoms with van der Waals surface area (Å²) < 4.78 is 4.98. The molecule has 0 aliphatic heterocycles. The Morgan fingerprint density at radius 2 is 1.93 bits per heavy atom. The monoisotopic (exact) mass is 213 g/mol. The minimum atomic E-state index is -0.159. The summed E-state index contributed by atoms with van der Waals surface area (Å²) in [6.45, 7) is 0.690. The number of ketones is 1. The highest BCUT2D eigenvalue weighted by Crippen LogP contribution is 2.35. The summed E-state index contributed by atoms with van der Waals surface area (Å²) in [5.74, 6) is 0.405. The van der Waals surface area contributed by atoms with Crippen LogP contribution in [0.4, 0.5) is 0 Å². The molecule has 0 amide bonds. The molecule has 0 bridgehead atoms.